The van der Waals surface area contributed by atoms with E-state index in [4.69, 9.17) is 9.52 Å². The molecule has 2 aromatic rings. The molecule has 0 bridgehead atoms. The predicted octanol–water partition coefficient (Wildman–Crippen LogP) is 1.52. The first-order valence-electron chi connectivity index (χ1n) is 4.43. The van der Waals surface area contributed by atoms with Gasteiger partial charge in [-0.1, -0.05) is 0 Å². The fraction of sp³-hybridized carbons (Fsp3) is 0.100. The van der Waals surface area contributed by atoms with Crippen molar-refractivity contribution < 1.29 is 14.3 Å². The predicted molar refractivity (Wildman–Crippen MR) is 53.2 cm³/mol. The fourth-order valence-corrected chi connectivity index (χ4v) is 1.19. The molecule has 0 atom stereocenters. The maximum atomic E-state index is 10.6. The summed E-state index contributed by atoms with van der Waals surface area (Å²) in [6.07, 6.45) is 4.93. The average molecular weight is 206 g/mol. The monoisotopic (exact) mass is 206 g/mol. The number of hydrogen-bond acceptors (Lipinski definition) is 3. The molecule has 5 heteroatoms. The van der Waals surface area contributed by atoms with Crippen molar-refractivity contribution >= 4 is 5.97 Å². The lowest BCUT2D eigenvalue weighted by Crippen LogP contribution is -2.11. The number of carbonyl (C=O) groups is 1. The zero-order valence-electron chi connectivity index (χ0n) is 7.88. The molecule has 0 aliphatic rings. The van der Waals surface area contributed by atoms with Crippen LogP contribution in [0.5, 0.6) is 0 Å². The average Bonchev–Trinajstić information content (AvgIpc) is 2.86. The number of hydrogen-bond donors (Lipinski definition) is 2. The Kier molecular flexibility index (Phi) is 2.45. The Hall–Kier alpha value is -2.17. The second-order valence-corrected chi connectivity index (χ2v) is 3.03. The summed E-state index contributed by atoms with van der Waals surface area (Å²) in [5.74, 6) is -0.396. The first-order valence-corrected chi connectivity index (χ1v) is 4.43. The largest absolute Gasteiger partial charge is 0.478 e. The maximum Gasteiger partial charge on any atom is 0.338 e. The molecule has 2 rings (SSSR count). The second-order valence-electron chi connectivity index (χ2n) is 3.03. The molecule has 0 aliphatic heterocycles. The van der Waals surface area contributed by atoms with Gasteiger partial charge < -0.3 is 14.9 Å². The van der Waals surface area contributed by atoms with Crippen molar-refractivity contribution in [2.75, 3.05) is 5.43 Å². The summed E-state index contributed by atoms with van der Waals surface area (Å²) < 4.78 is 6.83. The van der Waals surface area contributed by atoms with Crippen LogP contribution in [0.3, 0.4) is 0 Å². The number of aromatic carboxylic acids is 1. The molecule has 0 aromatic carbocycles. The smallest absolute Gasteiger partial charge is 0.338 e. The Morgan fingerprint density at radius 3 is 2.80 bits per heavy atom. The molecular formula is C10H10N2O3. The summed E-state index contributed by atoms with van der Waals surface area (Å²) in [4.78, 5) is 10.6. The van der Waals surface area contributed by atoms with Crippen LogP contribution in [-0.2, 0) is 6.54 Å². The maximum absolute atomic E-state index is 10.6. The first kappa shape index (κ1) is 9.39. The van der Waals surface area contributed by atoms with Crippen molar-refractivity contribution in [3.63, 3.8) is 0 Å². The molecule has 0 amide bonds. The fourth-order valence-electron chi connectivity index (χ4n) is 1.19. The van der Waals surface area contributed by atoms with E-state index in [-0.39, 0.29) is 5.56 Å². The van der Waals surface area contributed by atoms with Crippen LogP contribution >= 0.6 is 0 Å². The Balaban J connectivity index is 1.96. The van der Waals surface area contributed by atoms with Crippen LogP contribution in [0.4, 0.5) is 0 Å². The molecule has 78 valence electrons. The van der Waals surface area contributed by atoms with Crippen LogP contribution in [0.1, 0.15) is 16.1 Å². The highest BCUT2D eigenvalue weighted by atomic mass is 16.4. The summed E-state index contributed by atoms with van der Waals surface area (Å²) >= 11 is 0. The van der Waals surface area contributed by atoms with Crippen molar-refractivity contribution in [2.24, 2.45) is 0 Å². The van der Waals surface area contributed by atoms with E-state index >= 15 is 0 Å². The number of aromatic nitrogens is 1. The van der Waals surface area contributed by atoms with Gasteiger partial charge >= 0.3 is 5.97 Å². The van der Waals surface area contributed by atoms with Gasteiger partial charge in [-0.25, -0.2) is 4.79 Å². The molecule has 0 unspecified atom stereocenters. The van der Waals surface area contributed by atoms with Gasteiger partial charge in [-0.15, -0.1) is 0 Å². The van der Waals surface area contributed by atoms with Crippen molar-refractivity contribution in [3.05, 3.63) is 48.2 Å². The van der Waals surface area contributed by atoms with Gasteiger partial charge in [-0.05, 0) is 18.2 Å². The molecule has 2 heterocycles. The minimum atomic E-state index is -0.981. The molecule has 0 radical (unpaired) electrons. The number of furan rings is 1. The van der Waals surface area contributed by atoms with Gasteiger partial charge in [0.1, 0.15) is 12.0 Å². The second kappa shape index (κ2) is 3.91. The third kappa shape index (κ3) is 2.19. The van der Waals surface area contributed by atoms with Crippen LogP contribution in [-0.4, -0.2) is 15.8 Å². The number of nitrogens with one attached hydrogen (secondary N) is 1. The minimum Gasteiger partial charge on any atom is -0.478 e. The van der Waals surface area contributed by atoms with Gasteiger partial charge in [0.05, 0.1) is 12.1 Å². The van der Waals surface area contributed by atoms with Gasteiger partial charge in [0.15, 0.2) is 0 Å². The number of rotatable bonds is 4. The van der Waals surface area contributed by atoms with Crippen LogP contribution in [0.2, 0.25) is 0 Å². The normalized spacial score (nSPS) is 10.1. The molecule has 2 aromatic heterocycles. The Morgan fingerprint density at radius 1 is 1.47 bits per heavy atom. The summed E-state index contributed by atoms with van der Waals surface area (Å²) in [5, 5.41) is 8.66. The van der Waals surface area contributed by atoms with Crippen molar-refractivity contribution in [1.82, 2.24) is 4.68 Å². The van der Waals surface area contributed by atoms with Crippen molar-refractivity contribution in [1.29, 1.82) is 0 Å². The highest BCUT2D eigenvalue weighted by Crippen LogP contribution is 2.07. The molecular weight excluding hydrogens is 196 g/mol. The standard InChI is InChI=1S/C10H10N2O3/c13-10(14)8-5-9(15-7-8)6-11-12-3-1-2-4-12/h1-5,7,11H,6H2,(H,13,14). The Morgan fingerprint density at radius 2 is 2.20 bits per heavy atom. The SMILES string of the molecule is O=C(O)c1coc(CNn2cccc2)c1. The van der Waals surface area contributed by atoms with E-state index in [1.54, 1.807) is 4.68 Å². The first-order chi connectivity index (χ1) is 7.25. The molecule has 0 spiro atoms. The van der Waals surface area contributed by atoms with Crippen LogP contribution in [0.15, 0.2) is 41.3 Å². The molecule has 0 aliphatic carbocycles. The minimum absolute atomic E-state index is 0.166. The van der Waals surface area contributed by atoms with Crippen molar-refractivity contribution in [3.8, 4) is 0 Å². The van der Waals surface area contributed by atoms with Gasteiger partial charge in [0.25, 0.3) is 0 Å². The molecule has 0 saturated heterocycles. The third-order valence-electron chi connectivity index (χ3n) is 1.94. The lowest BCUT2D eigenvalue weighted by molar-refractivity contribution is 0.0696. The number of carboxylic acid groups (broad SMARTS) is 1. The summed E-state index contributed by atoms with van der Waals surface area (Å²) in [6, 6.07) is 5.27. The highest BCUT2D eigenvalue weighted by molar-refractivity contribution is 5.87. The molecule has 5 nitrogen and oxygen atoms in total. The zero-order valence-corrected chi connectivity index (χ0v) is 7.88. The zero-order chi connectivity index (χ0) is 10.7. The molecule has 2 N–H and O–H groups in total. The lowest BCUT2D eigenvalue weighted by Gasteiger charge is -2.03. The highest BCUT2D eigenvalue weighted by Gasteiger charge is 2.07. The van der Waals surface area contributed by atoms with Crippen LogP contribution in [0, 0.1) is 0 Å². The molecule has 0 fully saturated rings. The summed E-state index contributed by atoms with van der Waals surface area (Å²) in [7, 11) is 0. The van der Waals surface area contributed by atoms with E-state index in [1.165, 1.54) is 12.3 Å². The number of nitrogens with zero attached hydrogens (tertiary/aromatic N) is 1. The van der Waals surface area contributed by atoms with E-state index in [0.29, 0.717) is 12.3 Å². The lowest BCUT2D eigenvalue weighted by atomic mass is 10.3. The van der Waals surface area contributed by atoms with Crippen LogP contribution < -0.4 is 5.43 Å². The quantitative estimate of drug-likeness (QED) is 0.795. The summed E-state index contributed by atoms with van der Waals surface area (Å²) in [6.45, 7) is 0.446. The Labute approximate surface area is 85.9 Å². The van der Waals surface area contributed by atoms with Gasteiger partial charge in [-0.2, -0.15) is 0 Å². The van der Waals surface area contributed by atoms with E-state index in [0.717, 1.165) is 0 Å². The van der Waals surface area contributed by atoms with Crippen molar-refractivity contribution in [2.45, 2.75) is 6.54 Å². The third-order valence-corrected chi connectivity index (χ3v) is 1.94. The van der Waals surface area contributed by atoms with E-state index in [2.05, 4.69) is 5.43 Å². The van der Waals surface area contributed by atoms with E-state index in [1.807, 2.05) is 24.5 Å². The van der Waals surface area contributed by atoms with Gasteiger partial charge in [-0.3, -0.25) is 4.68 Å². The van der Waals surface area contributed by atoms with E-state index < -0.39 is 5.97 Å². The topological polar surface area (TPSA) is 67.4 Å². The van der Waals surface area contributed by atoms with E-state index in [9.17, 15) is 4.79 Å². The Bertz CT molecular complexity index is 445. The molecule has 15 heavy (non-hydrogen) atoms. The summed E-state index contributed by atoms with van der Waals surface area (Å²) in [5.41, 5.74) is 3.19. The van der Waals surface area contributed by atoms with Crippen LogP contribution in [0.25, 0.3) is 0 Å². The molecule has 0 saturated carbocycles. The van der Waals surface area contributed by atoms with Gasteiger partial charge in [0, 0.05) is 12.4 Å². The van der Waals surface area contributed by atoms with Gasteiger partial charge in [0.2, 0.25) is 0 Å². The number of carboxylic acids is 1.